The Hall–Kier alpha value is -1.99. The Morgan fingerprint density at radius 3 is 2.80 bits per heavy atom. The average molecular weight is 298 g/mol. The maximum Gasteiger partial charge on any atom is 0.270 e. The van der Waals surface area contributed by atoms with E-state index in [9.17, 15) is 19.7 Å². The third-order valence-electron chi connectivity index (χ3n) is 3.03. The molecule has 0 bridgehead atoms. The van der Waals surface area contributed by atoms with Crippen LogP contribution < -0.4 is 10.6 Å². The third kappa shape index (κ3) is 3.31. The molecule has 7 nitrogen and oxygen atoms in total. The van der Waals surface area contributed by atoms with E-state index >= 15 is 0 Å². The Labute approximate surface area is 119 Å². The number of rotatable bonds is 4. The molecule has 1 fully saturated rings. The Bertz CT molecular complexity index is 576. The summed E-state index contributed by atoms with van der Waals surface area (Å²) in [6.45, 7) is 0.295. The number of nitrogens with zero attached hydrogens (tertiary/aromatic N) is 1. The lowest BCUT2D eigenvalue weighted by Crippen LogP contribution is -2.50. The number of carbonyl (C=O) groups excluding carboxylic acids is 2. The summed E-state index contributed by atoms with van der Waals surface area (Å²) in [4.78, 5) is 32.6. The molecule has 1 atom stereocenters. The minimum atomic E-state index is -0.525. The lowest BCUT2D eigenvalue weighted by atomic mass is 10.1. The van der Waals surface area contributed by atoms with Crippen molar-refractivity contribution in [1.82, 2.24) is 10.6 Å². The summed E-state index contributed by atoms with van der Waals surface area (Å²) in [6.07, 6.45) is 0.715. The number of carbonyl (C=O) groups is 2. The second-order valence-electron chi connectivity index (χ2n) is 4.42. The van der Waals surface area contributed by atoms with Crippen LogP contribution >= 0.6 is 11.6 Å². The molecule has 1 aliphatic heterocycles. The number of hydrogen-bond donors (Lipinski definition) is 2. The molecule has 8 heteroatoms. The molecule has 2 amide bonds. The van der Waals surface area contributed by atoms with Crippen molar-refractivity contribution in [2.45, 2.75) is 25.4 Å². The zero-order valence-corrected chi connectivity index (χ0v) is 11.1. The Balaban J connectivity index is 1.99. The number of hydrogen-bond acceptors (Lipinski definition) is 5. The molecule has 0 radical (unpaired) electrons. The molecule has 2 rings (SSSR count). The van der Waals surface area contributed by atoms with Crippen LogP contribution in [0, 0.1) is 10.1 Å². The van der Waals surface area contributed by atoms with E-state index in [4.69, 9.17) is 11.6 Å². The average Bonchev–Trinajstić information content (AvgIpc) is 2.38. The predicted molar refractivity (Wildman–Crippen MR) is 71.1 cm³/mol. The molecule has 1 aliphatic rings. The van der Waals surface area contributed by atoms with Gasteiger partial charge in [0.2, 0.25) is 11.8 Å². The molecule has 0 aliphatic carbocycles. The molecule has 20 heavy (non-hydrogen) atoms. The first-order chi connectivity index (χ1) is 9.47. The van der Waals surface area contributed by atoms with Crippen molar-refractivity contribution in [1.29, 1.82) is 0 Å². The van der Waals surface area contributed by atoms with Crippen molar-refractivity contribution < 1.29 is 14.5 Å². The Kier molecular flexibility index (Phi) is 4.31. The molecular weight excluding hydrogens is 286 g/mol. The van der Waals surface area contributed by atoms with E-state index in [1.165, 1.54) is 12.1 Å². The van der Waals surface area contributed by atoms with Gasteiger partial charge in [0.05, 0.1) is 16.0 Å². The van der Waals surface area contributed by atoms with Crippen LogP contribution in [0.1, 0.15) is 18.4 Å². The fourth-order valence-corrected chi connectivity index (χ4v) is 2.16. The highest BCUT2D eigenvalue weighted by atomic mass is 35.5. The molecular formula is C12H12ClN3O4. The summed E-state index contributed by atoms with van der Waals surface area (Å²) in [5, 5.41) is 16.1. The zero-order chi connectivity index (χ0) is 14.7. The summed E-state index contributed by atoms with van der Waals surface area (Å²) in [5.74, 6) is -0.638. The van der Waals surface area contributed by atoms with Crippen molar-refractivity contribution in [3.63, 3.8) is 0 Å². The summed E-state index contributed by atoms with van der Waals surface area (Å²) in [5.41, 5.74) is 0.571. The summed E-state index contributed by atoms with van der Waals surface area (Å²) < 4.78 is 0. The fraction of sp³-hybridized carbons (Fsp3) is 0.333. The molecule has 1 unspecified atom stereocenters. The van der Waals surface area contributed by atoms with E-state index in [0.717, 1.165) is 0 Å². The van der Waals surface area contributed by atoms with Gasteiger partial charge in [0.25, 0.3) is 5.69 Å². The van der Waals surface area contributed by atoms with Crippen molar-refractivity contribution in [2.24, 2.45) is 0 Å². The quantitative estimate of drug-likeness (QED) is 0.493. The standard InChI is InChI=1S/C12H12ClN3O4/c13-9-5-8(16(19)20)2-1-7(9)6-14-10-3-4-11(17)15-12(10)18/h1-2,5,10,14H,3-4,6H2,(H,15,17,18). The summed E-state index contributed by atoms with van der Waals surface area (Å²) in [6, 6.07) is 3.70. The lowest BCUT2D eigenvalue weighted by Gasteiger charge is -2.22. The molecule has 106 valence electrons. The second kappa shape index (κ2) is 5.98. The summed E-state index contributed by atoms with van der Waals surface area (Å²) in [7, 11) is 0. The number of nitro benzene ring substituents is 1. The maximum absolute atomic E-state index is 11.5. The van der Waals surface area contributed by atoms with Crippen molar-refractivity contribution in [3.05, 3.63) is 38.9 Å². The molecule has 0 saturated carbocycles. The maximum atomic E-state index is 11.5. The van der Waals surface area contributed by atoms with Crippen molar-refractivity contribution in [3.8, 4) is 0 Å². The number of nitrogens with one attached hydrogen (secondary N) is 2. The van der Waals surface area contributed by atoms with Gasteiger partial charge in [-0.15, -0.1) is 0 Å². The van der Waals surface area contributed by atoms with E-state index in [-0.39, 0.29) is 28.9 Å². The highest BCUT2D eigenvalue weighted by Gasteiger charge is 2.26. The first-order valence-electron chi connectivity index (χ1n) is 5.97. The fourth-order valence-electron chi connectivity index (χ4n) is 1.91. The van der Waals surface area contributed by atoms with E-state index in [1.54, 1.807) is 6.07 Å². The predicted octanol–water partition coefficient (Wildman–Crippen LogP) is 1.14. The van der Waals surface area contributed by atoms with Crippen LogP contribution in [0.5, 0.6) is 0 Å². The van der Waals surface area contributed by atoms with Crippen LogP contribution in [0.4, 0.5) is 5.69 Å². The van der Waals surface area contributed by atoms with Gasteiger partial charge in [-0.25, -0.2) is 0 Å². The van der Waals surface area contributed by atoms with Gasteiger partial charge in [-0.05, 0) is 18.1 Å². The van der Waals surface area contributed by atoms with Crippen molar-refractivity contribution >= 4 is 29.1 Å². The van der Waals surface area contributed by atoms with E-state index in [1.807, 2.05) is 0 Å². The van der Waals surface area contributed by atoms with Crippen LogP contribution in [0.15, 0.2) is 18.2 Å². The number of nitro groups is 1. The van der Waals surface area contributed by atoms with Crippen LogP contribution in [0.3, 0.4) is 0 Å². The van der Waals surface area contributed by atoms with Gasteiger partial charge >= 0.3 is 0 Å². The SMILES string of the molecule is O=C1CCC(NCc2ccc([N+](=O)[O-])cc2Cl)C(=O)N1. The first kappa shape index (κ1) is 14.4. The molecule has 1 saturated heterocycles. The Morgan fingerprint density at radius 1 is 1.45 bits per heavy atom. The van der Waals surface area contributed by atoms with E-state index in [2.05, 4.69) is 10.6 Å². The molecule has 2 N–H and O–H groups in total. The third-order valence-corrected chi connectivity index (χ3v) is 3.38. The van der Waals surface area contributed by atoms with Crippen LogP contribution in [-0.4, -0.2) is 22.8 Å². The van der Waals surface area contributed by atoms with E-state index in [0.29, 0.717) is 18.5 Å². The van der Waals surface area contributed by atoms with Gasteiger partial charge in [0.15, 0.2) is 0 Å². The topological polar surface area (TPSA) is 101 Å². The Morgan fingerprint density at radius 2 is 2.20 bits per heavy atom. The minimum absolute atomic E-state index is 0.0836. The number of non-ortho nitro benzene ring substituents is 1. The summed E-state index contributed by atoms with van der Waals surface area (Å²) >= 11 is 5.95. The van der Waals surface area contributed by atoms with Gasteiger partial charge in [0, 0.05) is 25.1 Å². The normalized spacial score (nSPS) is 18.8. The first-order valence-corrected chi connectivity index (χ1v) is 6.35. The number of amides is 2. The molecule has 1 aromatic carbocycles. The van der Waals surface area contributed by atoms with Crippen LogP contribution in [0.25, 0.3) is 0 Å². The highest BCUT2D eigenvalue weighted by molar-refractivity contribution is 6.31. The van der Waals surface area contributed by atoms with Gasteiger partial charge < -0.3 is 5.32 Å². The number of halogens is 1. The van der Waals surface area contributed by atoms with Crippen LogP contribution in [-0.2, 0) is 16.1 Å². The second-order valence-corrected chi connectivity index (χ2v) is 4.82. The molecule has 1 heterocycles. The lowest BCUT2D eigenvalue weighted by molar-refractivity contribution is -0.384. The monoisotopic (exact) mass is 297 g/mol. The van der Waals surface area contributed by atoms with Gasteiger partial charge in [0.1, 0.15) is 0 Å². The highest BCUT2D eigenvalue weighted by Crippen LogP contribution is 2.22. The number of imide groups is 1. The largest absolute Gasteiger partial charge is 0.302 e. The van der Waals surface area contributed by atoms with Gasteiger partial charge in [-0.2, -0.15) is 0 Å². The van der Waals surface area contributed by atoms with Crippen molar-refractivity contribution in [2.75, 3.05) is 0 Å². The van der Waals surface area contributed by atoms with Crippen LogP contribution in [0.2, 0.25) is 5.02 Å². The number of benzene rings is 1. The molecule has 0 spiro atoms. The minimum Gasteiger partial charge on any atom is -0.302 e. The van der Waals surface area contributed by atoms with E-state index < -0.39 is 11.0 Å². The van der Waals surface area contributed by atoms with Gasteiger partial charge in [-0.3, -0.25) is 25.0 Å². The molecule has 1 aromatic rings. The molecule has 0 aromatic heterocycles. The number of piperidine rings is 1. The smallest absolute Gasteiger partial charge is 0.270 e. The zero-order valence-electron chi connectivity index (χ0n) is 10.4. The van der Waals surface area contributed by atoms with Gasteiger partial charge in [-0.1, -0.05) is 11.6 Å².